The summed E-state index contributed by atoms with van der Waals surface area (Å²) >= 11 is 0. The molecule has 2 aliphatic heterocycles. The summed E-state index contributed by atoms with van der Waals surface area (Å²) in [4.78, 5) is 24.0. The molecule has 0 radical (unpaired) electrons. The molecule has 0 spiro atoms. The maximum atomic E-state index is 12.6. The fourth-order valence-corrected chi connectivity index (χ4v) is 3.14. The third-order valence-electron chi connectivity index (χ3n) is 4.60. The number of nitrogens with one attached hydrogen (secondary N) is 2. The van der Waals surface area contributed by atoms with Crippen LogP contribution >= 0.6 is 0 Å². The third kappa shape index (κ3) is 2.54. The van der Waals surface area contributed by atoms with Crippen molar-refractivity contribution >= 4 is 11.9 Å². The van der Waals surface area contributed by atoms with Crippen molar-refractivity contribution in [3.8, 4) is 0 Å². The van der Waals surface area contributed by atoms with E-state index >= 15 is 0 Å². The van der Waals surface area contributed by atoms with Gasteiger partial charge in [0.15, 0.2) is 0 Å². The van der Waals surface area contributed by atoms with Gasteiger partial charge in [-0.05, 0) is 32.7 Å². The monoisotopic (exact) mass is 284 g/mol. The largest absolute Gasteiger partial charge is 0.481 e. The lowest BCUT2D eigenvalue weighted by Crippen LogP contribution is -2.59. The summed E-state index contributed by atoms with van der Waals surface area (Å²) in [5.74, 6) is -1.01. The van der Waals surface area contributed by atoms with Gasteiger partial charge in [0, 0.05) is 0 Å². The zero-order valence-corrected chi connectivity index (χ0v) is 12.2. The van der Waals surface area contributed by atoms with Crippen molar-refractivity contribution in [2.24, 2.45) is 5.41 Å². The minimum Gasteiger partial charge on any atom is -0.481 e. The van der Waals surface area contributed by atoms with Crippen LogP contribution < -0.4 is 10.6 Å². The molecule has 0 aliphatic carbocycles. The molecule has 114 valence electrons. The Balaban J connectivity index is 2.08. The van der Waals surface area contributed by atoms with E-state index < -0.39 is 23.0 Å². The highest BCUT2D eigenvalue weighted by Gasteiger charge is 2.49. The zero-order chi connectivity index (χ0) is 14.8. The predicted octanol–water partition coefficient (Wildman–Crippen LogP) is 0.515. The van der Waals surface area contributed by atoms with Gasteiger partial charge in [-0.15, -0.1) is 0 Å². The molecule has 0 saturated carbocycles. The van der Waals surface area contributed by atoms with Crippen molar-refractivity contribution in [3.05, 3.63) is 0 Å². The van der Waals surface area contributed by atoms with Crippen LogP contribution in [0.25, 0.3) is 0 Å². The molecule has 2 heterocycles. The Morgan fingerprint density at radius 2 is 2.25 bits per heavy atom. The number of carbonyl (C=O) groups excluding carboxylic acids is 1. The van der Waals surface area contributed by atoms with E-state index in [1.54, 1.807) is 6.92 Å². The summed E-state index contributed by atoms with van der Waals surface area (Å²) in [5.41, 5.74) is -1.57. The first-order valence-electron chi connectivity index (χ1n) is 7.32. The van der Waals surface area contributed by atoms with E-state index in [-0.39, 0.29) is 19.1 Å². The van der Waals surface area contributed by atoms with Crippen LogP contribution in [-0.4, -0.2) is 48.3 Å². The molecule has 6 nitrogen and oxygen atoms in total. The first kappa shape index (κ1) is 15.3. The third-order valence-corrected chi connectivity index (χ3v) is 4.60. The molecule has 2 saturated heterocycles. The van der Waals surface area contributed by atoms with Gasteiger partial charge in [0.25, 0.3) is 0 Å². The summed E-state index contributed by atoms with van der Waals surface area (Å²) in [5, 5.41) is 15.6. The normalized spacial score (nSPS) is 37.0. The first-order valence-corrected chi connectivity index (χ1v) is 7.32. The molecule has 0 aromatic rings. The number of carboxylic acid groups (broad SMARTS) is 1. The maximum Gasteiger partial charge on any atom is 0.313 e. The van der Waals surface area contributed by atoms with Crippen LogP contribution in [0.2, 0.25) is 0 Å². The second kappa shape index (κ2) is 5.69. The molecule has 2 aliphatic rings. The number of aliphatic carboxylic acids is 1. The molecular formula is C14H24N2O4. The molecule has 3 unspecified atom stereocenters. The second-order valence-electron chi connectivity index (χ2n) is 6.13. The van der Waals surface area contributed by atoms with E-state index in [1.165, 1.54) is 0 Å². The Labute approximate surface area is 119 Å². The van der Waals surface area contributed by atoms with Crippen molar-refractivity contribution in [3.63, 3.8) is 0 Å². The lowest BCUT2D eigenvalue weighted by atomic mass is 9.84. The number of hydrogen-bond donors (Lipinski definition) is 3. The second-order valence-corrected chi connectivity index (χ2v) is 6.13. The van der Waals surface area contributed by atoms with E-state index in [1.807, 2.05) is 0 Å². The molecule has 3 atom stereocenters. The van der Waals surface area contributed by atoms with Gasteiger partial charge in [-0.2, -0.15) is 0 Å². The summed E-state index contributed by atoms with van der Waals surface area (Å²) in [7, 11) is 0. The average Bonchev–Trinajstić information content (AvgIpc) is 3.00. The van der Waals surface area contributed by atoms with Crippen molar-refractivity contribution in [1.82, 2.24) is 10.6 Å². The number of carbonyl (C=O) groups is 2. The Hall–Kier alpha value is -1.14. The smallest absolute Gasteiger partial charge is 0.313 e. The highest BCUT2D eigenvalue weighted by Crippen LogP contribution is 2.31. The number of hydrogen-bond acceptors (Lipinski definition) is 4. The summed E-state index contributed by atoms with van der Waals surface area (Å²) < 4.78 is 5.27. The molecular weight excluding hydrogens is 260 g/mol. The summed E-state index contributed by atoms with van der Waals surface area (Å²) in [6.07, 6.45) is 3.48. The molecule has 0 aromatic carbocycles. The van der Waals surface area contributed by atoms with Crippen LogP contribution in [0.3, 0.4) is 0 Å². The van der Waals surface area contributed by atoms with Gasteiger partial charge in [-0.1, -0.05) is 13.3 Å². The standard InChI is InChI=1S/C14H24N2O4/c1-3-5-14(6-4-7-15-14)11(17)16-10-8-20-9-13(10,2)12(18)19/h10,15H,3-9H2,1-2H3,(H,16,17)(H,18,19). The minimum absolute atomic E-state index is 0.0835. The highest BCUT2D eigenvalue weighted by molar-refractivity contribution is 5.88. The molecule has 2 fully saturated rings. The zero-order valence-electron chi connectivity index (χ0n) is 12.2. The highest BCUT2D eigenvalue weighted by atomic mass is 16.5. The van der Waals surface area contributed by atoms with E-state index in [0.717, 1.165) is 32.2 Å². The van der Waals surface area contributed by atoms with Gasteiger partial charge in [0.05, 0.1) is 24.8 Å². The summed E-state index contributed by atoms with van der Waals surface area (Å²) in [6, 6.07) is -0.469. The van der Waals surface area contributed by atoms with Gasteiger partial charge in [-0.25, -0.2) is 0 Å². The Morgan fingerprint density at radius 3 is 2.80 bits per heavy atom. The topological polar surface area (TPSA) is 87.7 Å². The molecule has 0 bridgehead atoms. The van der Waals surface area contributed by atoms with Crippen LogP contribution in [0.15, 0.2) is 0 Å². The minimum atomic E-state index is -1.04. The Morgan fingerprint density at radius 1 is 1.50 bits per heavy atom. The fraction of sp³-hybridized carbons (Fsp3) is 0.857. The molecule has 20 heavy (non-hydrogen) atoms. The maximum absolute atomic E-state index is 12.6. The van der Waals surface area contributed by atoms with Crippen molar-refractivity contribution in [2.45, 2.75) is 51.1 Å². The summed E-state index contributed by atoms with van der Waals surface area (Å²) in [6.45, 7) is 4.92. The van der Waals surface area contributed by atoms with Crippen LogP contribution in [0.5, 0.6) is 0 Å². The van der Waals surface area contributed by atoms with Crippen LogP contribution in [0.1, 0.15) is 39.5 Å². The van der Waals surface area contributed by atoms with Crippen molar-refractivity contribution in [1.29, 1.82) is 0 Å². The van der Waals surface area contributed by atoms with Gasteiger partial charge < -0.3 is 20.5 Å². The number of carboxylic acids is 1. The van der Waals surface area contributed by atoms with Crippen molar-refractivity contribution < 1.29 is 19.4 Å². The van der Waals surface area contributed by atoms with E-state index in [4.69, 9.17) is 4.74 Å². The predicted molar refractivity (Wildman–Crippen MR) is 73.4 cm³/mol. The van der Waals surface area contributed by atoms with Gasteiger partial charge >= 0.3 is 5.97 Å². The molecule has 1 amide bonds. The lowest BCUT2D eigenvalue weighted by molar-refractivity contribution is -0.149. The average molecular weight is 284 g/mol. The lowest BCUT2D eigenvalue weighted by Gasteiger charge is -2.32. The molecule has 0 aromatic heterocycles. The number of rotatable bonds is 5. The van der Waals surface area contributed by atoms with E-state index in [0.29, 0.717) is 0 Å². The quantitative estimate of drug-likeness (QED) is 0.685. The SMILES string of the molecule is CCCC1(C(=O)NC2COCC2(C)C(=O)O)CCCN1. The number of ether oxygens (including phenoxy) is 1. The van der Waals surface area contributed by atoms with E-state index in [2.05, 4.69) is 17.6 Å². The number of amides is 1. The first-order chi connectivity index (χ1) is 9.44. The van der Waals surface area contributed by atoms with Crippen LogP contribution in [0, 0.1) is 5.41 Å². The molecule has 6 heteroatoms. The van der Waals surface area contributed by atoms with Gasteiger partial charge in [-0.3, -0.25) is 9.59 Å². The Bertz CT molecular complexity index is 393. The van der Waals surface area contributed by atoms with Crippen LogP contribution in [-0.2, 0) is 14.3 Å². The van der Waals surface area contributed by atoms with E-state index in [9.17, 15) is 14.7 Å². The van der Waals surface area contributed by atoms with Gasteiger partial charge in [0.2, 0.25) is 5.91 Å². The molecule has 3 N–H and O–H groups in total. The fourth-order valence-electron chi connectivity index (χ4n) is 3.14. The Kier molecular flexibility index (Phi) is 4.34. The van der Waals surface area contributed by atoms with Crippen LogP contribution in [0.4, 0.5) is 0 Å². The van der Waals surface area contributed by atoms with Crippen molar-refractivity contribution in [2.75, 3.05) is 19.8 Å². The molecule has 2 rings (SSSR count). The van der Waals surface area contributed by atoms with Gasteiger partial charge in [0.1, 0.15) is 5.41 Å².